The minimum atomic E-state index is -0.627. The Morgan fingerprint density at radius 3 is 2.69 bits per heavy atom. The van der Waals surface area contributed by atoms with E-state index in [9.17, 15) is 9.59 Å². The minimum absolute atomic E-state index is 0.134. The topological polar surface area (TPSA) is 77.1 Å². The van der Waals surface area contributed by atoms with Crippen LogP contribution in [0.4, 0.5) is 5.69 Å². The minimum Gasteiger partial charge on any atom is -0.497 e. The summed E-state index contributed by atoms with van der Waals surface area (Å²) in [5.74, 6) is 1.23. The average Bonchev–Trinajstić information content (AvgIpc) is 2.74. The first kappa shape index (κ1) is 20.8. The zero-order valence-electron chi connectivity index (χ0n) is 16.5. The van der Waals surface area contributed by atoms with Crippen molar-refractivity contribution in [1.82, 2.24) is 5.32 Å². The van der Waals surface area contributed by atoms with Crippen LogP contribution in [0.2, 0.25) is 5.02 Å². The van der Waals surface area contributed by atoms with E-state index in [0.717, 1.165) is 5.56 Å². The Morgan fingerprint density at radius 2 is 2.00 bits per heavy atom. The number of benzene rings is 2. The van der Waals surface area contributed by atoms with Gasteiger partial charge in [0, 0.05) is 23.2 Å². The van der Waals surface area contributed by atoms with E-state index in [1.54, 1.807) is 44.6 Å². The molecule has 8 heteroatoms. The number of halogens is 1. The van der Waals surface area contributed by atoms with Crippen molar-refractivity contribution in [2.75, 3.05) is 25.7 Å². The van der Waals surface area contributed by atoms with Crippen molar-refractivity contribution < 1.29 is 23.8 Å². The van der Waals surface area contributed by atoms with Crippen molar-refractivity contribution in [1.29, 1.82) is 0 Å². The Morgan fingerprint density at radius 1 is 1.21 bits per heavy atom. The molecule has 0 bridgehead atoms. The molecular weight excluding hydrogens is 396 g/mol. The van der Waals surface area contributed by atoms with E-state index in [4.69, 9.17) is 25.8 Å². The van der Waals surface area contributed by atoms with Crippen LogP contribution in [0.1, 0.15) is 18.9 Å². The lowest BCUT2D eigenvalue weighted by Crippen LogP contribution is -2.49. The molecule has 1 heterocycles. The van der Waals surface area contributed by atoms with Crippen LogP contribution < -0.4 is 24.4 Å². The third-order valence-corrected chi connectivity index (χ3v) is 4.90. The van der Waals surface area contributed by atoms with Gasteiger partial charge in [-0.2, -0.15) is 0 Å². The molecule has 154 valence electrons. The summed E-state index contributed by atoms with van der Waals surface area (Å²) in [6.07, 6.45) is -0.125. The first-order chi connectivity index (χ1) is 14.0. The summed E-state index contributed by atoms with van der Waals surface area (Å²) in [7, 11) is 3.13. The zero-order chi connectivity index (χ0) is 21.0. The van der Waals surface area contributed by atoms with E-state index >= 15 is 0 Å². The predicted molar refractivity (Wildman–Crippen MR) is 110 cm³/mol. The van der Waals surface area contributed by atoms with Gasteiger partial charge in [0.05, 0.1) is 19.9 Å². The van der Waals surface area contributed by atoms with Gasteiger partial charge in [-0.3, -0.25) is 14.5 Å². The van der Waals surface area contributed by atoms with Gasteiger partial charge in [-0.05, 0) is 36.8 Å². The van der Waals surface area contributed by atoms with Gasteiger partial charge in [0.15, 0.2) is 6.10 Å². The van der Waals surface area contributed by atoms with Crippen LogP contribution in [0, 0.1) is 0 Å². The largest absolute Gasteiger partial charge is 0.497 e. The van der Waals surface area contributed by atoms with Gasteiger partial charge in [-0.1, -0.05) is 18.5 Å². The number of fused-ring (bicyclic) bond motifs is 1. The van der Waals surface area contributed by atoms with Crippen LogP contribution in [-0.2, 0) is 16.1 Å². The fraction of sp³-hybridized carbons (Fsp3) is 0.333. The molecule has 7 nitrogen and oxygen atoms in total. The van der Waals surface area contributed by atoms with Crippen LogP contribution in [0.5, 0.6) is 17.2 Å². The van der Waals surface area contributed by atoms with Crippen LogP contribution >= 0.6 is 11.6 Å². The SMILES string of the molecule is CCC1Oc2ccc(Cl)cc2N(CC(=O)NCc2ccc(OC)cc2OC)C1=O. The second kappa shape index (κ2) is 9.05. The summed E-state index contributed by atoms with van der Waals surface area (Å²) in [4.78, 5) is 26.8. The molecular formula is C21H23ClN2O5. The fourth-order valence-corrected chi connectivity index (χ4v) is 3.28. The number of methoxy groups -OCH3 is 2. The number of nitrogens with zero attached hydrogens (tertiary/aromatic N) is 1. The van der Waals surface area contributed by atoms with Crippen molar-refractivity contribution in [3.8, 4) is 17.2 Å². The molecule has 1 unspecified atom stereocenters. The molecule has 1 atom stereocenters. The lowest BCUT2D eigenvalue weighted by atomic mass is 10.1. The zero-order valence-corrected chi connectivity index (χ0v) is 17.3. The van der Waals surface area contributed by atoms with Crippen molar-refractivity contribution in [3.63, 3.8) is 0 Å². The van der Waals surface area contributed by atoms with E-state index in [-0.39, 0.29) is 24.9 Å². The maximum absolute atomic E-state index is 12.8. The highest BCUT2D eigenvalue weighted by atomic mass is 35.5. The van der Waals surface area contributed by atoms with Crippen LogP contribution in [0.3, 0.4) is 0 Å². The Balaban J connectivity index is 1.73. The van der Waals surface area contributed by atoms with Crippen molar-refractivity contribution in [2.45, 2.75) is 26.0 Å². The normalized spacial score (nSPS) is 15.4. The average molecular weight is 419 g/mol. The molecule has 0 spiro atoms. The number of hydrogen-bond donors (Lipinski definition) is 1. The lowest BCUT2D eigenvalue weighted by Gasteiger charge is -2.33. The van der Waals surface area contributed by atoms with Crippen LogP contribution in [0.15, 0.2) is 36.4 Å². The highest BCUT2D eigenvalue weighted by Crippen LogP contribution is 2.36. The molecule has 1 aliphatic rings. The number of anilines is 1. The van der Waals surface area contributed by atoms with Crippen LogP contribution in [-0.4, -0.2) is 38.7 Å². The van der Waals surface area contributed by atoms with E-state index in [0.29, 0.717) is 34.4 Å². The number of amides is 2. The summed E-state index contributed by atoms with van der Waals surface area (Å²) >= 11 is 6.08. The van der Waals surface area contributed by atoms with Gasteiger partial charge in [0.25, 0.3) is 5.91 Å². The lowest BCUT2D eigenvalue weighted by molar-refractivity contribution is -0.129. The first-order valence-electron chi connectivity index (χ1n) is 9.22. The summed E-state index contributed by atoms with van der Waals surface area (Å²) in [5, 5.41) is 3.29. The predicted octanol–water partition coefficient (Wildman–Crippen LogP) is 3.18. The maximum Gasteiger partial charge on any atom is 0.268 e. The molecule has 0 saturated carbocycles. The quantitative estimate of drug-likeness (QED) is 0.747. The number of rotatable bonds is 7. The summed E-state index contributed by atoms with van der Waals surface area (Å²) in [6.45, 7) is 1.98. The highest BCUT2D eigenvalue weighted by Gasteiger charge is 2.34. The van der Waals surface area contributed by atoms with E-state index in [1.807, 2.05) is 13.0 Å². The Bertz CT molecular complexity index is 918. The Hall–Kier alpha value is -2.93. The third kappa shape index (κ3) is 4.56. The maximum atomic E-state index is 12.8. The molecule has 29 heavy (non-hydrogen) atoms. The second-order valence-electron chi connectivity index (χ2n) is 6.51. The monoisotopic (exact) mass is 418 g/mol. The molecule has 3 rings (SSSR count). The summed E-state index contributed by atoms with van der Waals surface area (Å²) in [6, 6.07) is 10.4. The van der Waals surface area contributed by atoms with E-state index in [2.05, 4.69) is 5.32 Å². The van der Waals surface area contributed by atoms with Crippen molar-refractivity contribution in [2.24, 2.45) is 0 Å². The van der Waals surface area contributed by atoms with Crippen LogP contribution in [0.25, 0.3) is 0 Å². The van der Waals surface area contributed by atoms with Gasteiger partial charge in [0.2, 0.25) is 5.91 Å². The Kier molecular flexibility index (Phi) is 6.49. The number of ether oxygens (including phenoxy) is 3. The van der Waals surface area contributed by atoms with Gasteiger partial charge >= 0.3 is 0 Å². The van der Waals surface area contributed by atoms with Crippen molar-refractivity contribution in [3.05, 3.63) is 47.0 Å². The van der Waals surface area contributed by atoms with Gasteiger partial charge in [0.1, 0.15) is 23.8 Å². The molecule has 0 fully saturated rings. The third-order valence-electron chi connectivity index (χ3n) is 4.67. The molecule has 2 amide bonds. The number of carbonyl (C=O) groups excluding carboxylic acids is 2. The smallest absolute Gasteiger partial charge is 0.268 e. The molecule has 2 aromatic rings. The summed E-state index contributed by atoms with van der Waals surface area (Å²) in [5.41, 5.74) is 1.29. The Labute approximate surface area is 174 Å². The first-order valence-corrected chi connectivity index (χ1v) is 9.59. The van der Waals surface area contributed by atoms with Gasteiger partial charge in [-0.15, -0.1) is 0 Å². The van der Waals surface area contributed by atoms with Gasteiger partial charge in [-0.25, -0.2) is 0 Å². The molecule has 1 aliphatic heterocycles. The highest BCUT2D eigenvalue weighted by molar-refractivity contribution is 6.31. The van der Waals surface area contributed by atoms with E-state index < -0.39 is 6.10 Å². The standard InChI is InChI=1S/C21H23ClN2O5/c1-4-17-21(26)24(16-9-14(22)6-8-18(16)29-17)12-20(25)23-11-13-5-7-15(27-2)10-19(13)28-3/h5-10,17H,4,11-12H2,1-3H3,(H,23,25). The molecule has 2 aromatic carbocycles. The fourth-order valence-electron chi connectivity index (χ4n) is 3.11. The molecule has 0 aromatic heterocycles. The second-order valence-corrected chi connectivity index (χ2v) is 6.94. The van der Waals surface area contributed by atoms with E-state index in [1.165, 1.54) is 4.90 Å². The molecule has 0 aliphatic carbocycles. The number of carbonyl (C=O) groups is 2. The number of hydrogen-bond acceptors (Lipinski definition) is 5. The number of nitrogens with one attached hydrogen (secondary N) is 1. The molecule has 0 radical (unpaired) electrons. The van der Waals surface area contributed by atoms with Gasteiger partial charge < -0.3 is 19.5 Å². The van der Waals surface area contributed by atoms with Crippen molar-refractivity contribution >= 4 is 29.1 Å². The molecule has 1 N–H and O–H groups in total. The summed E-state index contributed by atoms with van der Waals surface area (Å²) < 4.78 is 16.3. The molecule has 0 saturated heterocycles.